The quantitative estimate of drug-likeness (QED) is 0.0483. The summed E-state index contributed by atoms with van der Waals surface area (Å²) >= 11 is 1.08. The van der Waals surface area contributed by atoms with E-state index in [0.717, 1.165) is 11.3 Å². The molecule has 2 aliphatic rings. The molecule has 1 saturated heterocycles. The zero-order valence-electron chi connectivity index (χ0n) is 28.6. The molecule has 6 rings (SSSR count). The molecule has 2 aromatic carbocycles. The number of Topliss-reactive ketones (excluding diaryl/α,β-unsaturated/α-hetero) is 1. The second-order valence-electron chi connectivity index (χ2n) is 12.5. The van der Waals surface area contributed by atoms with Crippen molar-refractivity contribution in [2.75, 3.05) is 18.8 Å². The number of nitro groups is 2. The van der Waals surface area contributed by atoms with Crippen LogP contribution in [-0.4, -0.2) is 92.4 Å². The van der Waals surface area contributed by atoms with Crippen LogP contribution in [0.15, 0.2) is 66.8 Å². The summed E-state index contributed by atoms with van der Waals surface area (Å²) in [6, 6.07) is 10.2. The maximum absolute atomic E-state index is 13.5. The molecule has 288 valence electrons. The molecule has 1 fully saturated rings. The molecule has 0 bridgehead atoms. The number of ketones is 1. The van der Waals surface area contributed by atoms with Crippen molar-refractivity contribution in [2.24, 2.45) is 5.92 Å². The molecule has 55 heavy (non-hydrogen) atoms. The molecule has 3 atom stereocenters. The largest absolute Gasteiger partial charge is 0.456 e. The summed E-state index contributed by atoms with van der Waals surface area (Å²) in [6.45, 7) is 0.0232. The molecule has 4 aromatic rings. The van der Waals surface area contributed by atoms with Crippen LogP contribution in [0.25, 0.3) is 10.4 Å². The van der Waals surface area contributed by atoms with E-state index in [0.29, 0.717) is 26.4 Å². The number of hydrogen-bond acceptors (Lipinski definition) is 15. The highest BCUT2D eigenvalue weighted by Crippen LogP contribution is 2.48. The number of esters is 1. The molecule has 2 aliphatic heterocycles. The van der Waals surface area contributed by atoms with Gasteiger partial charge in [0.2, 0.25) is 15.9 Å². The molecule has 0 radical (unpaired) electrons. The number of carbonyl (C=O) groups excluding carboxylic acids is 4. The van der Waals surface area contributed by atoms with E-state index in [1.165, 1.54) is 71.1 Å². The van der Waals surface area contributed by atoms with Crippen molar-refractivity contribution in [3.63, 3.8) is 0 Å². The van der Waals surface area contributed by atoms with Crippen LogP contribution in [-0.2, 0) is 42.3 Å². The molecule has 2 aromatic heterocycles. The van der Waals surface area contributed by atoms with Gasteiger partial charge in [0.15, 0.2) is 5.78 Å². The maximum Gasteiger partial charge on any atom is 0.407 e. The Bertz CT molecular complexity index is 2340. The van der Waals surface area contributed by atoms with E-state index >= 15 is 0 Å². The smallest absolute Gasteiger partial charge is 0.407 e. The van der Waals surface area contributed by atoms with E-state index in [9.17, 15) is 52.9 Å². The minimum absolute atomic E-state index is 0.0317. The number of imidazole rings is 1. The summed E-state index contributed by atoms with van der Waals surface area (Å²) in [6.07, 6.45) is 1.23. The number of alkyl carbamates (subject to hydrolysis) is 1. The minimum atomic E-state index is -4.06. The molecular weight excluding hydrogens is 767 g/mol. The number of nitro benzene ring substituents is 2. The van der Waals surface area contributed by atoms with Crippen molar-refractivity contribution in [1.82, 2.24) is 24.3 Å². The first-order valence-corrected chi connectivity index (χ1v) is 18.9. The number of hydrogen-bond donors (Lipinski definition) is 3. The Morgan fingerprint density at radius 1 is 1.02 bits per heavy atom. The van der Waals surface area contributed by atoms with Gasteiger partial charge in [-0.1, -0.05) is 0 Å². The van der Waals surface area contributed by atoms with Gasteiger partial charge in [-0.25, -0.2) is 27.7 Å². The number of aliphatic hydroxyl groups excluding tert-OH is 1. The number of nitrogens with one attached hydrogen (secondary N) is 2. The van der Waals surface area contributed by atoms with Crippen molar-refractivity contribution >= 4 is 66.9 Å². The number of amides is 2. The Morgan fingerprint density at radius 3 is 2.20 bits per heavy atom. The molecule has 0 unspecified atom stereocenters. The van der Waals surface area contributed by atoms with Gasteiger partial charge in [-0.3, -0.25) is 34.2 Å². The van der Waals surface area contributed by atoms with Gasteiger partial charge in [-0.05, 0) is 48.7 Å². The number of fused-ring (bicyclic) bond motifs is 2. The van der Waals surface area contributed by atoms with Crippen molar-refractivity contribution in [2.45, 2.75) is 38.7 Å². The molecule has 20 nitrogen and oxygen atoms in total. The molecule has 22 heteroatoms. The average Bonchev–Trinajstić information content (AvgIpc) is 3.84. The fourth-order valence-electron chi connectivity index (χ4n) is 6.07. The summed E-state index contributed by atoms with van der Waals surface area (Å²) in [5.74, 6) is -3.31. The van der Waals surface area contributed by atoms with Gasteiger partial charge in [-0.15, -0.1) is 11.3 Å². The number of rotatable bonds is 16. The zero-order chi connectivity index (χ0) is 39.6. The van der Waals surface area contributed by atoms with E-state index in [4.69, 9.17) is 9.47 Å². The zero-order valence-corrected chi connectivity index (χ0v) is 30.3. The third-order valence-corrected chi connectivity index (χ3v) is 11.3. The fraction of sp³-hybridized carbons (Fsp3) is 0.303. The standard InChI is InChI=1S/C33H31N7O13S2/c1-18(41)27-24-12-23(29(38(24)30(27)43)32(44)52-15-19-2-6-21(7-3-19)39(46)47)26-14-37-17-35-28(31(37)54-26)25(42)13-36-55(50,51)11-10-34-33(45)53-16-20-4-8-22(9-5-20)40(48)49/h2-9,14,17-18,24,27,36,41H,10-13,15-16H2,1H3,(H,34,45)/t18-,24-,27-/m1/s1. The Morgan fingerprint density at radius 2 is 1.62 bits per heavy atom. The van der Waals surface area contributed by atoms with Crippen LogP contribution in [0.2, 0.25) is 0 Å². The van der Waals surface area contributed by atoms with Crippen LogP contribution in [0.4, 0.5) is 16.2 Å². The van der Waals surface area contributed by atoms with Gasteiger partial charge in [0.1, 0.15) is 35.8 Å². The third kappa shape index (κ3) is 8.36. The Kier molecular flexibility index (Phi) is 11.0. The minimum Gasteiger partial charge on any atom is -0.456 e. The fourth-order valence-corrected chi connectivity index (χ4v) is 8.09. The molecule has 2 amide bonds. The molecular formula is C33H31N7O13S2. The Labute approximate surface area is 314 Å². The van der Waals surface area contributed by atoms with E-state index < -0.39 is 74.0 Å². The Hall–Kier alpha value is -6.10. The number of benzene rings is 2. The highest BCUT2D eigenvalue weighted by atomic mass is 32.2. The van der Waals surface area contributed by atoms with Gasteiger partial charge in [-0.2, -0.15) is 0 Å². The number of aromatic nitrogens is 2. The average molecular weight is 798 g/mol. The number of sulfonamides is 1. The summed E-state index contributed by atoms with van der Waals surface area (Å²) in [7, 11) is -4.06. The lowest BCUT2D eigenvalue weighted by molar-refractivity contribution is -0.385. The summed E-state index contributed by atoms with van der Waals surface area (Å²) in [5, 5.41) is 34.3. The van der Waals surface area contributed by atoms with Gasteiger partial charge in [0.05, 0.1) is 45.1 Å². The van der Waals surface area contributed by atoms with Crippen molar-refractivity contribution in [3.8, 4) is 0 Å². The first kappa shape index (κ1) is 38.6. The van der Waals surface area contributed by atoms with Crippen LogP contribution < -0.4 is 10.0 Å². The van der Waals surface area contributed by atoms with Crippen LogP contribution in [0.3, 0.4) is 0 Å². The van der Waals surface area contributed by atoms with E-state index in [1.807, 2.05) is 0 Å². The SMILES string of the molecule is C[C@@H](O)[C@H]1C(=O)N2C(C(=O)OCc3ccc([N+](=O)[O-])cc3)=C(c3cn4cnc(C(=O)CNS(=O)(=O)CCNC(=O)OCc5ccc([N+](=O)[O-])cc5)c4s3)C[C@H]12. The predicted octanol–water partition coefficient (Wildman–Crippen LogP) is 2.31. The van der Waals surface area contributed by atoms with E-state index in [2.05, 4.69) is 15.0 Å². The molecule has 0 spiro atoms. The topological polar surface area (TPSA) is 272 Å². The number of nitrogens with zero attached hydrogens (tertiary/aromatic N) is 5. The lowest BCUT2D eigenvalue weighted by atomic mass is 9.83. The Balaban J connectivity index is 1.08. The number of β-lactam (4-membered cyclic amide) rings is 1. The van der Waals surface area contributed by atoms with Crippen LogP contribution in [0.5, 0.6) is 0 Å². The first-order chi connectivity index (χ1) is 26.1. The molecule has 0 aliphatic carbocycles. The van der Waals surface area contributed by atoms with E-state index in [-0.39, 0.29) is 48.9 Å². The number of aliphatic hydroxyl groups is 1. The summed E-state index contributed by atoms with van der Waals surface area (Å²) < 4.78 is 39.4. The predicted molar refractivity (Wildman–Crippen MR) is 191 cm³/mol. The van der Waals surface area contributed by atoms with Gasteiger partial charge in [0, 0.05) is 42.6 Å². The monoisotopic (exact) mass is 797 g/mol. The third-order valence-electron chi connectivity index (χ3n) is 8.82. The van der Waals surface area contributed by atoms with E-state index in [1.54, 1.807) is 6.20 Å². The number of thiazole rings is 1. The molecule has 3 N–H and O–H groups in total. The second kappa shape index (κ2) is 15.7. The number of carbonyl (C=O) groups is 4. The van der Waals surface area contributed by atoms with Crippen molar-refractivity contribution < 1.29 is 52.0 Å². The summed E-state index contributed by atoms with van der Waals surface area (Å²) in [4.78, 5) is 78.6. The highest BCUT2D eigenvalue weighted by Gasteiger charge is 2.57. The summed E-state index contributed by atoms with van der Waals surface area (Å²) in [5.41, 5.74) is 1.02. The van der Waals surface area contributed by atoms with Gasteiger partial charge < -0.3 is 24.8 Å². The normalized spacial score (nSPS) is 17.1. The van der Waals surface area contributed by atoms with Crippen molar-refractivity contribution in [3.05, 3.63) is 109 Å². The lowest BCUT2D eigenvalue weighted by Gasteiger charge is -2.44. The van der Waals surface area contributed by atoms with Crippen LogP contribution >= 0.6 is 11.3 Å². The first-order valence-electron chi connectivity index (χ1n) is 16.4. The van der Waals surface area contributed by atoms with Gasteiger partial charge in [0.25, 0.3) is 11.4 Å². The van der Waals surface area contributed by atoms with Crippen molar-refractivity contribution in [1.29, 1.82) is 0 Å². The maximum atomic E-state index is 13.5. The lowest BCUT2D eigenvalue weighted by Crippen LogP contribution is -2.61. The van der Waals surface area contributed by atoms with Crippen LogP contribution in [0, 0.1) is 26.1 Å². The molecule has 4 heterocycles. The highest BCUT2D eigenvalue weighted by molar-refractivity contribution is 7.89. The van der Waals surface area contributed by atoms with Crippen LogP contribution in [0.1, 0.15) is 39.8 Å². The molecule has 0 saturated carbocycles. The van der Waals surface area contributed by atoms with Gasteiger partial charge >= 0.3 is 12.1 Å². The number of ether oxygens (including phenoxy) is 2. The second-order valence-corrected chi connectivity index (χ2v) is 15.4. The number of non-ortho nitro benzene ring substituents is 2.